The van der Waals surface area contributed by atoms with E-state index in [4.69, 9.17) is 5.73 Å². The van der Waals surface area contributed by atoms with Gasteiger partial charge in [-0.2, -0.15) is 12.7 Å². The summed E-state index contributed by atoms with van der Waals surface area (Å²) in [5.74, 6) is 0.313. The van der Waals surface area contributed by atoms with E-state index < -0.39 is 10.2 Å². The van der Waals surface area contributed by atoms with Gasteiger partial charge in [0.05, 0.1) is 0 Å². The lowest BCUT2D eigenvalue weighted by molar-refractivity contribution is 0.447. The van der Waals surface area contributed by atoms with Gasteiger partial charge in [-0.1, -0.05) is 13.8 Å². The molecule has 0 spiro atoms. The minimum atomic E-state index is -3.30. The quantitative estimate of drug-likeness (QED) is 0.625. The molecule has 14 heavy (non-hydrogen) atoms. The molecular formula is C8H21N3O2S. The molecule has 0 radical (unpaired) electrons. The maximum absolute atomic E-state index is 11.5. The molecule has 0 saturated carbocycles. The highest BCUT2D eigenvalue weighted by molar-refractivity contribution is 7.87. The van der Waals surface area contributed by atoms with E-state index in [-0.39, 0.29) is 0 Å². The molecule has 0 aromatic rings. The SMILES string of the molecule is CC(C)CNS(=O)(=O)N(C)CCCN. The topological polar surface area (TPSA) is 75.4 Å². The van der Waals surface area contributed by atoms with Crippen LogP contribution in [0.2, 0.25) is 0 Å². The van der Waals surface area contributed by atoms with Gasteiger partial charge in [-0.05, 0) is 18.9 Å². The van der Waals surface area contributed by atoms with Crippen molar-refractivity contribution in [2.24, 2.45) is 11.7 Å². The number of hydrogen-bond acceptors (Lipinski definition) is 3. The van der Waals surface area contributed by atoms with Crippen molar-refractivity contribution >= 4 is 10.2 Å². The van der Waals surface area contributed by atoms with Crippen molar-refractivity contribution in [3.8, 4) is 0 Å². The van der Waals surface area contributed by atoms with Crippen molar-refractivity contribution < 1.29 is 8.42 Å². The predicted octanol–water partition coefficient (Wildman–Crippen LogP) is -0.243. The summed E-state index contributed by atoms with van der Waals surface area (Å²) in [6.45, 7) is 5.36. The third kappa shape index (κ3) is 5.54. The zero-order valence-electron chi connectivity index (χ0n) is 9.16. The largest absolute Gasteiger partial charge is 0.330 e. The Kier molecular flexibility index (Phi) is 6.26. The summed E-state index contributed by atoms with van der Waals surface area (Å²) in [5.41, 5.74) is 5.30. The molecule has 5 nitrogen and oxygen atoms in total. The Bertz CT molecular complexity index is 239. The van der Waals surface area contributed by atoms with Gasteiger partial charge in [0.2, 0.25) is 0 Å². The van der Waals surface area contributed by atoms with Crippen LogP contribution in [0, 0.1) is 5.92 Å². The highest BCUT2D eigenvalue weighted by Gasteiger charge is 2.16. The van der Waals surface area contributed by atoms with Gasteiger partial charge < -0.3 is 5.73 Å². The van der Waals surface area contributed by atoms with Crippen LogP contribution < -0.4 is 10.5 Å². The Balaban J connectivity index is 4.04. The minimum absolute atomic E-state index is 0.313. The summed E-state index contributed by atoms with van der Waals surface area (Å²) < 4.78 is 26.8. The van der Waals surface area contributed by atoms with Gasteiger partial charge in [-0.15, -0.1) is 0 Å². The third-order valence-corrected chi connectivity index (χ3v) is 3.30. The van der Waals surface area contributed by atoms with Crippen molar-refractivity contribution in [1.29, 1.82) is 0 Å². The molecule has 0 rings (SSSR count). The van der Waals surface area contributed by atoms with Crippen LogP contribution in [0.3, 0.4) is 0 Å². The van der Waals surface area contributed by atoms with Gasteiger partial charge in [-0.25, -0.2) is 4.72 Å². The Morgan fingerprint density at radius 2 is 2.00 bits per heavy atom. The van der Waals surface area contributed by atoms with Crippen molar-refractivity contribution in [1.82, 2.24) is 9.03 Å². The molecule has 3 N–H and O–H groups in total. The predicted molar refractivity (Wildman–Crippen MR) is 58.1 cm³/mol. The second-order valence-corrected chi connectivity index (χ2v) is 5.57. The summed E-state index contributed by atoms with van der Waals surface area (Å²) in [6, 6.07) is 0. The van der Waals surface area contributed by atoms with Gasteiger partial charge >= 0.3 is 0 Å². The highest BCUT2D eigenvalue weighted by Crippen LogP contribution is 1.97. The summed E-state index contributed by atoms with van der Waals surface area (Å²) in [6.07, 6.45) is 0.680. The van der Waals surface area contributed by atoms with Gasteiger partial charge in [0.25, 0.3) is 10.2 Å². The zero-order valence-corrected chi connectivity index (χ0v) is 9.97. The molecule has 0 aromatic carbocycles. The summed E-state index contributed by atoms with van der Waals surface area (Å²) in [5, 5.41) is 0. The average Bonchev–Trinajstić information content (AvgIpc) is 2.11. The molecular weight excluding hydrogens is 202 g/mol. The van der Waals surface area contributed by atoms with Gasteiger partial charge in [0.15, 0.2) is 0 Å². The maximum Gasteiger partial charge on any atom is 0.279 e. The second kappa shape index (κ2) is 6.34. The molecule has 0 unspecified atom stereocenters. The minimum Gasteiger partial charge on any atom is -0.330 e. The molecule has 0 fully saturated rings. The second-order valence-electron chi connectivity index (χ2n) is 3.71. The van der Waals surface area contributed by atoms with Gasteiger partial charge in [-0.3, -0.25) is 0 Å². The Morgan fingerprint density at radius 1 is 1.43 bits per heavy atom. The lowest BCUT2D eigenvalue weighted by Gasteiger charge is -2.18. The van der Waals surface area contributed by atoms with E-state index >= 15 is 0 Å². The van der Waals surface area contributed by atoms with Crippen LogP contribution in [-0.4, -0.2) is 39.4 Å². The first kappa shape index (κ1) is 13.8. The molecule has 0 atom stereocenters. The van der Waals surface area contributed by atoms with E-state index in [0.717, 1.165) is 0 Å². The first-order valence-corrected chi connectivity index (χ1v) is 6.25. The fraction of sp³-hybridized carbons (Fsp3) is 1.00. The molecule has 0 aliphatic heterocycles. The van der Waals surface area contributed by atoms with Gasteiger partial charge in [0.1, 0.15) is 0 Å². The molecule has 86 valence electrons. The lowest BCUT2D eigenvalue weighted by Crippen LogP contribution is -2.40. The van der Waals surface area contributed by atoms with Crippen LogP contribution in [0.5, 0.6) is 0 Å². The van der Waals surface area contributed by atoms with E-state index in [1.165, 1.54) is 4.31 Å². The van der Waals surface area contributed by atoms with Crippen LogP contribution in [0.25, 0.3) is 0 Å². The average molecular weight is 223 g/mol. The van der Waals surface area contributed by atoms with Gasteiger partial charge in [0, 0.05) is 20.1 Å². The van der Waals surface area contributed by atoms with Crippen LogP contribution >= 0.6 is 0 Å². The molecule has 0 amide bonds. The molecule has 0 aromatic heterocycles. The highest BCUT2D eigenvalue weighted by atomic mass is 32.2. The number of hydrogen-bond donors (Lipinski definition) is 2. The van der Waals surface area contributed by atoms with E-state index in [1.807, 2.05) is 13.8 Å². The lowest BCUT2D eigenvalue weighted by atomic mass is 10.2. The van der Waals surface area contributed by atoms with E-state index in [0.29, 0.717) is 32.0 Å². The molecule has 0 saturated heterocycles. The standard InChI is InChI=1S/C8H21N3O2S/c1-8(2)7-10-14(12,13)11(3)6-4-5-9/h8,10H,4-7,9H2,1-3H3. The monoisotopic (exact) mass is 223 g/mol. The van der Waals surface area contributed by atoms with Crippen LogP contribution in [0.15, 0.2) is 0 Å². The summed E-state index contributed by atoms with van der Waals surface area (Å²) in [7, 11) is -1.75. The zero-order chi connectivity index (χ0) is 11.2. The van der Waals surface area contributed by atoms with E-state index in [2.05, 4.69) is 4.72 Å². The van der Waals surface area contributed by atoms with Crippen LogP contribution in [0.1, 0.15) is 20.3 Å². The Hall–Kier alpha value is -0.170. The molecule has 6 heteroatoms. The number of rotatable bonds is 7. The first-order chi connectivity index (χ1) is 6.40. The van der Waals surface area contributed by atoms with Crippen molar-refractivity contribution in [2.75, 3.05) is 26.7 Å². The fourth-order valence-corrected chi connectivity index (χ4v) is 1.95. The molecule has 0 aliphatic rings. The smallest absolute Gasteiger partial charge is 0.279 e. The number of nitrogens with one attached hydrogen (secondary N) is 1. The molecule has 0 aliphatic carbocycles. The third-order valence-electron chi connectivity index (χ3n) is 1.76. The first-order valence-electron chi connectivity index (χ1n) is 4.81. The number of nitrogens with two attached hydrogens (primary N) is 1. The van der Waals surface area contributed by atoms with Crippen molar-refractivity contribution in [3.63, 3.8) is 0 Å². The van der Waals surface area contributed by atoms with Crippen LogP contribution in [-0.2, 0) is 10.2 Å². The normalized spacial score (nSPS) is 12.7. The number of nitrogens with zero attached hydrogens (tertiary/aromatic N) is 1. The van der Waals surface area contributed by atoms with Crippen molar-refractivity contribution in [2.45, 2.75) is 20.3 Å². The molecule has 0 heterocycles. The Morgan fingerprint density at radius 3 is 2.43 bits per heavy atom. The van der Waals surface area contributed by atoms with Crippen LogP contribution in [0.4, 0.5) is 0 Å². The molecule has 0 bridgehead atoms. The summed E-state index contributed by atoms with van der Waals surface area (Å²) in [4.78, 5) is 0. The van der Waals surface area contributed by atoms with E-state index in [9.17, 15) is 8.42 Å². The van der Waals surface area contributed by atoms with E-state index in [1.54, 1.807) is 7.05 Å². The maximum atomic E-state index is 11.5. The fourth-order valence-electron chi connectivity index (χ4n) is 0.816. The van der Waals surface area contributed by atoms with Crippen molar-refractivity contribution in [3.05, 3.63) is 0 Å². The Labute approximate surface area is 86.8 Å². The summed E-state index contributed by atoms with van der Waals surface area (Å²) >= 11 is 0.